The lowest BCUT2D eigenvalue weighted by Crippen LogP contribution is -2.42. The quantitative estimate of drug-likeness (QED) is 0.441. The number of benzene rings is 2. The van der Waals surface area contributed by atoms with E-state index in [9.17, 15) is 14.6 Å². The van der Waals surface area contributed by atoms with Crippen LogP contribution >= 0.6 is 0 Å². The Hall–Kier alpha value is -3.87. The first-order chi connectivity index (χ1) is 16.3. The van der Waals surface area contributed by atoms with E-state index in [-0.39, 0.29) is 46.6 Å². The molecule has 1 aliphatic heterocycles. The highest BCUT2D eigenvalue weighted by Crippen LogP contribution is 2.38. The third-order valence-corrected chi connectivity index (χ3v) is 5.80. The maximum atomic E-state index is 15.9. The first kappa shape index (κ1) is 21.9. The molecule has 4 aromatic rings. The highest BCUT2D eigenvalue weighted by atomic mass is 19.1. The number of hydrogen-bond acceptors (Lipinski definition) is 7. The molecular formula is C25H20F2N4O3. The van der Waals surface area contributed by atoms with Gasteiger partial charge in [-0.15, -0.1) is 6.42 Å². The minimum Gasteiger partial charge on any atom is -0.508 e. The standard InChI is InChI=1S/C25H20F2N4O3/c1-3-16-19(26)5-4-14-8-15(32)9-17(20(14)16)22-21(27)23-18(10-28-22)24(30-13-29-23)31-6-7-34-12-25(2,33)11-31/h1,4-5,8-10,13,32-33H,6-7,11-12H2,2H3/t25-/m0/s1. The van der Waals surface area contributed by atoms with Crippen LogP contribution < -0.4 is 4.90 Å². The van der Waals surface area contributed by atoms with Crippen LogP contribution in [0.5, 0.6) is 5.75 Å². The number of aliphatic hydroxyl groups is 1. The Balaban J connectivity index is 1.73. The van der Waals surface area contributed by atoms with Crippen molar-refractivity contribution in [2.75, 3.05) is 31.2 Å². The fourth-order valence-corrected chi connectivity index (χ4v) is 4.35. The molecule has 1 saturated heterocycles. The van der Waals surface area contributed by atoms with Gasteiger partial charge in [-0.25, -0.2) is 18.7 Å². The number of hydrogen-bond donors (Lipinski definition) is 2. The summed E-state index contributed by atoms with van der Waals surface area (Å²) in [4.78, 5) is 14.5. The van der Waals surface area contributed by atoms with E-state index >= 15 is 4.39 Å². The molecular weight excluding hydrogens is 442 g/mol. The van der Waals surface area contributed by atoms with E-state index in [0.29, 0.717) is 29.7 Å². The predicted octanol–water partition coefficient (Wildman–Crippen LogP) is 3.40. The monoisotopic (exact) mass is 462 g/mol. The number of anilines is 1. The van der Waals surface area contributed by atoms with Gasteiger partial charge in [0, 0.05) is 23.7 Å². The minimum atomic E-state index is -1.12. The van der Waals surface area contributed by atoms with Gasteiger partial charge in [0.05, 0.1) is 30.7 Å². The molecule has 0 spiro atoms. The Bertz CT molecular complexity index is 1480. The van der Waals surface area contributed by atoms with Crippen LogP contribution in [0.25, 0.3) is 32.9 Å². The average Bonchev–Trinajstić information content (AvgIpc) is 2.99. The van der Waals surface area contributed by atoms with Gasteiger partial charge in [0.1, 0.15) is 40.5 Å². The summed E-state index contributed by atoms with van der Waals surface area (Å²) in [5.74, 6) is 1.18. The second kappa shape index (κ2) is 8.17. The number of phenolic OH excluding ortho intramolecular Hbond substituents is 1. The van der Waals surface area contributed by atoms with Crippen LogP contribution in [0.1, 0.15) is 12.5 Å². The van der Waals surface area contributed by atoms with Crippen LogP contribution in [0.4, 0.5) is 14.6 Å². The van der Waals surface area contributed by atoms with E-state index in [4.69, 9.17) is 11.2 Å². The Morgan fingerprint density at radius 1 is 1.21 bits per heavy atom. The second-order valence-electron chi connectivity index (χ2n) is 8.51. The number of aromatic hydroxyl groups is 1. The summed E-state index contributed by atoms with van der Waals surface area (Å²) >= 11 is 0. The summed E-state index contributed by atoms with van der Waals surface area (Å²) in [6.45, 7) is 2.85. The summed E-state index contributed by atoms with van der Waals surface area (Å²) in [6.07, 6.45) is 8.20. The zero-order valence-electron chi connectivity index (χ0n) is 18.2. The number of fused-ring (bicyclic) bond motifs is 2. The van der Waals surface area contributed by atoms with Gasteiger partial charge in [-0.3, -0.25) is 4.98 Å². The van der Waals surface area contributed by atoms with Crippen molar-refractivity contribution >= 4 is 27.5 Å². The summed E-state index contributed by atoms with van der Waals surface area (Å²) in [5.41, 5.74) is -1.16. The Kier molecular flexibility index (Phi) is 5.27. The Morgan fingerprint density at radius 3 is 2.82 bits per heavy atom. The second-order valence-corrected chi connectivity index (χ2v) is 8.51. The van der Waals surface area contributed by atoms with Gasteiger partial charge < -0.3 is 19.8 Å². The van der Waals surface area contributed by atoms with Gasteiger partial charge in [0.15, 0.2) is 5.82 Å². The van der Waals surface area contributed by atoms with Gasteiger partial charge in [-0.05, 0) is 30.5 Å². The highest BCUT2D eigenvalue weighted by molar-refractivity contribution is 6.02. The van der Waals surface area contributed by atoms with Crippen LogP contribution in [0.15, 0.2) is 36.8 Å². The summed E-state index contributed by atoms with van der Waals surface area (Å²) in [6, 6.07) is 5.38. The number of aromatic nitrogens is 3. The van der Waals surface area contributed by atoms with E-state index < -0.39 is 17.2 Å². The van der Waals surface area contributed by atoms with Crippen LogP contribution in [0.2, 0.25) is 0 Å². The topological polar surface area (TPSA) is 91.6 Å². The number of ether oxygens (including phenoxy) is 1. The Labute approximate surface area is 193 Å². The molecule has 7 nitrogen and oxygen atoms in total. The van der Waals surface area contributed by atoms with Crippen molar-refractivity contribution in [2.24, 2.45) is 0 Å². The maximum absolute atomic E-state index is 15.9. The third kappa shape index (κ3) is 3.67. The van der Waals surface area contributed by atoms with E-state index in [2.05, 4.69) is 20.9 Å². The van der Waals surface area contributed by atoms with Crippen molar-refractivity contribution < 1.29 is 23.7 Å². The molecule has 2 aromatic heterocycles. The molecule has 3 heterocycles. The molecule has 0 saturated carbocycles. The largest absolute Gasteiger partial charge is 0.508 e. The molecule has 0 radical (unpaired) electrons. The van der Waals surface area contributed by atoms with Gasteiger partial charge in [-0.1, -0.05) is 12.0 Å². The molecule has 2 N–H and O–H groups in total. The summed E-state index contributed by atoms with van der Waals surface area (Å²) in [7, 11) is 0. The molecule has 172 valence electrons. The van der Waals surface area contributed by atoms with Crippen LogP contribution in [0, 0.1) is 24.0 Å². The first-order valence-electron chi connectivity index (χ1n) is 10.6. The van der Waals surface area contributed by atoms with Crippen molar-refractivity contribution in [3.63, 3.8) is 0 Å². The zero-order chi connectivity index (χ0) is 24.0. The summed E-state index contributed by atoms with van der Waals surface area (Å²) in [5, 5.41) is 21.8. The molecule has 9 heteroatoms. The fourth-order valence-electron chi connectivity index (χ4n) is 4.35. The van der Waals surface area contributed by atoms with Gasteiger partial charge >= 0.3 is 0 Å². The molecule has 0 bridgehead atoms. The van der Waals surface area contributed by atoms with Crippen LogP contribution in [-0.2, 0) is 4.74 Å². The number of β-amino-alcohol motifs (C(OH)–C–C–N with tert-alkyl or cyclic N) is 1. The molecule has 1 fully saturated rings. The number of nitrogens with zero attached hydrogens (tertiary/aromatic N) is 4. The Morgan fingerprint density at radius 2 is 2.03 bits per heavy atom. The van der Waals surface area contributed by atoms with E-state index in [1.807, 2.05) is 0 Å². The van der Waals surface area contributed by atoms with Gasteiger partial charge in [-0.2, -0.15) is 0 Å². The minimum absolute atomic E-state index is 0.00467. The molecule has 0 amide bonds. The number of phenols is 1. The highest BCUT2D eigenvalue weighted by Gasteiger charge is 2.30. The molecule has 0 unspecified atom stereocenters. The molecule has 0 aliphatic carbocycles. The number of halogens is 2. The summed E-state index contributed by atoms with van der Waals surface area (Å²) < 4.78 is 35.8. The predicted molar refractivity (Wildman–Crippen MR) is 123 cm³/mol. The third-order valence-electron chi connectivity index (χ3n) is 5.80. The normalized spacial score (nSPS) is 18.7. The lowest BCUT2D eigenvalue weighted by atomic mass is 9.96. The van der Waals surface area contributed by atoms with Gasteiger partial charge in [0.2, 0.25) is 0 Å². The molecule has 34 heavy (non-hydrogen) atoms. The zero-order valence-corrected chi connectivity index (χ0v) is 18.2. The first-order valence-corrected chi connectivity index (χ1v) is 10.6. The molecule has 5 rings (SSSR count). The molecule has 1 atom stereocenters. The number of pyridine rings is 1. The van der Waals surface area contributed by atoms with E-state index in [1.54, 1.807) is 11.8 Å². The van der Waals surface area contributed by atoms with Crippen molar-refractivity contribution in [2.45, 2.75) is 12.5 Å². The van der Waals surface area contributed by atoms with Crippen LogP contribution in [-0.4, -0.2) is 57.1 Å². The van der Waals surface area contributed by atoms with Crippen molar-refractivity contribution in [3.05, 3.63) is 54.0 Å². The van der Waals surface area contributed by atoms with Gasteiger partial charge in [0.25, 0.3) is 0 Å². The van der Waals surface area contributed by atoms with Crippen LogP contribution in [0.3, 0.4) is 0 Å². The lowest BCUT2D eigenvalue weighted by Gasteiger charge is -2.28. The molecule has 1 aliphatic rings. The average molecular weight is 462 g/mol. The maximum Gasteiger partial charge on any atom is 0.175 e. The smallest absolute Gasteiger partial charge is 0.175 e. The molecule has 2 aromatic carbocycles. The van der Waals surface area contributed by atoms with Crippen molar-refractivity contribution in [3.8, 4) is 29.4 Å². The number of terminal acetylenes is 1. The van der Waals surface area contributed by atoms with Crippen molar-refractivity contribution in [1.82, 2.24) is 15.0 Å². The van der Waals surface area contributed by atoms with E-state index in [0.717, 1.165) is 0 Å². The van der Waals surface area contributed by atoms with E-state index in [1.165, 1.54) is 36.8 Å². The lowest BCUT2D eigenvalue weighted by molar-refractivity contribution is -0.0123. The fraction of sp³-hybridized carbons (Fsp3) is 0.240. The van der Waals surface area contributed by atoms with Crippen molar-refractivity contribution in [1.29, 1.82) is 0 Å². The number of rotatable bonds is 2. The SMILES string of the molecule is C#Cc1c(F)ccc2cc(O)cc(-c3ncc4c(N5CCOC[C@@](C)(O)C5)ncnc4c3F)c12.